The van der Waals surface area contributed by atoms with E-state index in [2.05, 4.69) is 4.98 Å². The summed E-state index contributed by atoms with van der Waals surface area (Å²) in [6.07, 6.45) is 0. The minimum absolute atomic E-state index is 0.0821. The lowest BCUT2D eigenvalue weighted by molar-refractivity contribution is -0.120. The number of carbonyl (C=O) groups is 1. The first-order valence-electron chi connectivity index (χ1n) is 7.70. The third kappa shape index (κ3) is 4.48. The highest BCUT2D eigenvalue weighted by Gasteiger charge is 2.20. The lowest BCUT2D eigenvalue weighted by Gasteiger charge is -2.19. The van der Waals surface area contributed by atoms with Crippen LogP contribution in [0.5, 0.6) is 5.75 Å². The van der Waals surface area contributed by atoms with Crippen LogP contribution in [0.1, 0.15) is 0 Å². The molecule has 0 unspecified atom stereocenters. The molecular weight excluding hydrogens is 360 g/mol. The summed E-state index contributed by atoms with van der Waals surface area (Å²) in [5, 5.41) is 1.26. The fourth-order valence-corrected chi connectivity index (χ4v) is 3.37. The van der Waals surface area contributed by atoms with Crippen LogP contribution in [0.2, 0.25) is 5.02 Å². The van der Waals surface area contributed by atoms with Crippen molar-refractivity contribution in [1.29, 1.82) is 0 Å². The van der Waals surface area contributed by atoms with Gasteiger partial charge < -0.3 is 9.47 Å². The molecule has 3 rings (SSSR count). The van der Waals surface area contributed by atoms with Crippen LogP contribution in [0.3, 0.4) is 0 Å². The van der Waals surface area contributed by atoms with Crippen LogP contribution in [0.15, 0.2) is 48.5 Å². The zero-order valence-electron chi connectivity index (χ0n) is 13.6. The Morgan fingerprint density at radius 2 is 1.96 bits per heavy atom. The van der Waals surface area contributed by atoms with Crippen LogP contribution < -0.4 is 9.64 Å². The van der Waals surface area contributed by atoms with E-state index in [0.29, 0.717) is 29.1 Å². The average Bonchev–Trinajstić information content (AvgIpc) is 3.05. The van der Waals surface area contributed by atoms with Gasteiger partial charge in [-0.15, -0.1) is 0 Å². The second-order valence-corrected chi connectivity index (χ2v) is 6.69. The summed E-state index contributed by atoms with van der Waals surface area (Å²) in [6, 6.07) is 14.7. The number of benzene rings is 2. The summed E-state index contributed by atoms with van der Waals surface area (Å²) >= 11 is 7.32. The maximum absolute atomic E-state index is 12.7. The Kier molecular flexibility index (Phi) is 5.86. The lowest BCUT2D eigenvalue weighted by atomic mass is 10.3. The first kappa shape index (κ1) is 17.7. The zero-order valence-corrected chi connectivity index (χ0v) is 15.2. The number of halogens is 1. The van der Waals surface area contributed by atoms with E-state index >= 15 is 0 Å². The number of aromatic nitrogens is 1. The SMILES string of the molecule is COCCN(C(=O)COc1ccc(Cl)cc1)c1nc2ccccc2s1. The standard InChI is InChI=1S/C18H17ClN2O3S/c1-23-11-10-21(18-20-15-4-2-3-5-16(15)25-18)17(22)12-24-14-8-6-13(19)7-9-14/h2-9H,10-12H2,1H3. The third-order valence-electron chi connectivity index (χ3n) is 3.51. The number of methoxy groups -OCH3 is 1. The molecule has 0 aliphatic heterocycles. The number of anilines is 1. The van der Waals surface area contributed by atoms with Crippen molar-refractivity contribution in [1.82, 2.24) is 4.98 Å². The van der Waals surface area contributed by atoms with E-state index in [-0.39, 0.29) is 12.5 Å². The number of rotatable bonds is 7. The Morgan fingerprint density at radius 3 is 2.68 bits per heavy atom. The smallest absolute Gasteiger partial charge is 0.266 e. The molecular formula is C18H17ClN2O3S. The molecule has 2 aromatic carbocycles. The van der Waals surface area contributed by atoms with Gasteiger partial charge >= 0.3 is 0 Å². The fourth-order valence-electron chi connectivity index (χ4n) is 2.24. The van der Waals surface area contributed by atoms with Gasteiger partial charge in [0.05, 0.1) is 23.4 Å². The van der Waals surface area contributed by atoms with Crippen molar-refractivity contribution in [2.75, 3.05) is 31.8 Å². The van der Waals surface area contributed by atoms with E-state index in [1.807, 2.05) is 24.3 Å². The summed E-state index contributed by atoms with van der Waals surface area (Å²) in [7, 11) is 1.60. The molecule has 0 aliphatic rings. The van der Waals surface area contributed by atoms with Gasteiger partial charge in [-0.2, -0.15) is 0 Å². The zero-order chi connectivity index (χ0) is 17.6. The first-order chi connectivity index (χ1) is 12.2. The molecule has 0 spiro atoms. The van der Waals surface area contributed by atoms with E-state index in [1.165, 1.54) is 11.3 Å². The van der Waals surface area contributed by atoms with E-state index in [4.69, 9.17) is 21.1 Å². The van der Waals surface area contributed by atoms with Gasteiger partial charge in [0.2, 0.25) is 0 Å². The Balaban J connectivity index is 1.74. The van der Waals surface area contributed by atoms with Crippen LogP contribution >= 0.6 is 22.9 Å². The number of hydrogen-bond donors (Lipinski definition) is 0. The number of hydrogen-bond acceptors (Lipinski definition) is 5. The molecule has 0 bridgehead atoms. The van der Waals surface area contributed by atoms with Gasteiger partial charge in [0.15, 0.2) is 11.7 Å². The molecule has 5 nitrogen and oxygen atoms in total. The molecule has 0 radical (unpaired) electrons. The van der Waals surface area contributed by atoms with Crippen LogP contribution in [0, 0.1) is 0 Å². The molecule has 0 N–H and O–H groups in total. The minimum atomic E-state index is -0.175. The quantitative estimate of drug-likeness (QED) is 0.625. The van der Waals surface area contributed by atoms with Crippen molar-refractivity contribution in [3.8, 4) is 5.75 Å². The number of para-hydroxylation sites is 1. The largest absolute Gasteiger partial charge is 0.484 e. The molecule has 0 saturated carbocycles. The molecule has 130 valence electrons. The molecule has 0 fully saturated rings. The molecule has 3 aromatic rings. The Hall–Kier alpha value is -2.15. The first-order valence-corrected chi connectivity index (χ1v) is 8.90. The van der Waals surface area contributed by atoms with Crippen LogP contribution in [0.25, 0.3) is 10.2 Å². The van der Waals surface area contributed by atoms with Gasteiger partial charge in [0.1, 0.15) is 5.75 Å². The molecule has 1 amide bonds. The van der Waals surface area contributed by atoms with Crippen molar-refractivity contribution in [2.24, 2.45) is 0 Å². The van der Waals surface area contributed by atoms with Crippen molar-refractivity contribution in [2.45, 2.75) is 0 Å². The number of thiazole rings is 1. The molecule has 0 saturated heterocycles. The van der Waals surface area contributed by atoms with E-state index < -0.39 is 0 Å². The summed E-state index contributed by atoms with van der Waals surface area (Å²) in [4.78, 5) is 18.8. The normalized spacial score (nSPS) is 10.8. The average molecular weight is 377 g/mol. The van der Waals surface area contributed by atoms with Crippen molar-refractivity contribution in [3.05, 3.63) is 53.6 Å². The van der Waals surface area contributed by atoms with E-state index in [1.54, 1.807) is 36.3 Å². The van der Waals surface area contributed by atoms with Crippen LogP contribution in [-0.4, -0.2) is 37.8 Å². The van der Waals surface area contributed by atoms with Crippen molar-refractivity contribution < 1.29 is 14.3 Å². The third-order valence-corrected chi connectivity index (χ3v) is 4.82. The van der Waals surface area contributed by atoms with Crippen LogP contribution in [-0.2, 0) is 9.53 Å². The van der Waals surface area contributed by atoms with Gasteiger partial charge in [0, 0.05) is 12.1 Å². The highest BCUT2D eigenvalue weighted by molar-refractivity contribution is 7.22. The molecule has 0 aliphatic carbocycles. The Labute approximate surface area is 154 Å². The predicted molar refractivity (Wildman–Crippen MR) is 101 cm³/mol. The highest BCUT2D eigenvalue weighted by Crippen LogP contribution is 2.28. The van der Waals surface area contributed by atoms with Crippen LogP contribution in [0.4, 0.5) is 5.13 Å². The summed E-state index contributed by atoms with van der Waals surface area (Å²) in [5.74, 6) is 0.416. The Morgan fingerprint density at radius 1 is 1.20 bits per heavy atom. The van der Waals surface area contributed by atoms with Gasteiger partial charge in [-0.05, 0) is 36.4 Å². The molecule has 1 heterocycles. The van der Waals surface area contributed by atoms with Gasteiger partial charge in [-0.3, -0.25) is 9.69 Å². The monoisotopic (exact) mass is 376 g/mol. The van der Waals surface area contributed by atoms with Gasteiger partial charge in [-0.1, -0.05) is 35.1 Å². The molecule has 0 atom stereocenters. The lowest BCUT2D eigenvalue weighted by Crippen LogP contribution is -2.37. The minimum Gasteiger partial charge on any atom is -0.484 e. The summed E-state index contributed by atoms with van der Waals surface area (Å²) in [5.41, 5.74) is 0.872. The number of nitrogens with zero attached hydrogens (tertiary/aromatic N) is 2. The predicted octanol–water partition coefficient (Wildman–Crippen LogP) is 4.01. The number of amides is 1. The maximum Gasteiger partial charge on any atom is 0.266 e. The molecule has 7 heteroatoms. The maximum atomic E-state index is 12.7. The second kappa shape index (κ2) is 8.29. The molecule has 25 heavy (non-hydrogen) atoms. The van der Waals surface area contributed by atoms with E-state index in [0.717, 1.165) is 10.2 Å². The van der Waals surface area contributed by atoms with E-state index in [9.17, 15) is 4.79 Å². The Bertz CT molecular complexity index is 818. The highest BCUT2D eigenvalue weighted by atomic mass is 35.5. The summed E-state index contributed by atoms with van der Waals surface area (Å²) < 4.78 is 11.7. The number of carbonyl (C=O) groups excluding carboxylic acids is 1. The number of ether oxygens (including phenoxy) is 2. The van der Waals surface area contributed by atoms with Gasteiger partial charge in [0.25, 0.3) is 5.91 Å². The molecule has 1 aromatic heterocycles. The summed E-state index contributed by atoms with van der Waals surface area (Å²) in [6.45, 7) is 0.753. The van der Waals surface area contributed by atoms with Gasteiger partial charge in [-0.25, -0.2) is 4.98 Å². The van der Waals surface area contributed by atoms with Crippen molar-refractivity contribution in [3.63, 3.8) is 0 Å². The number of fused-ring (bicyclic) bond motifs is 1. The fraction of sp³-hybridized carbons (Fsp3) is 0.222. The topological polar surface area (TPSA) is 51.7 Å². The second-order valence-electron chi connectivity index (χ2n) is 5.24. The van der Waals surface area contributed by atoms with Crippen molar-refractivity contribution >= 4 is 44.2 Å².